The molecule has 0 bridgehead atoms. The highest BCUT2D eigenvalue weighted by atomic mass is 16.2. The van der Waals surface area contributed by atoms with Crippen LogP contribution in [-0.4, -0.2) is 21.5 Å². The van der Waals surface area contributed by atoms with Crippen molar-refractivity contribution in [3.05, 3.63) is 17.5 Å². The van der Waals surface area contributed by atoms with Gasteiger partial charge < -0.3 is 0 Å². The van der Waals surface area contributed by atoms with E-state index in [-0.39, 0.29) is 17.6 Å². The van der Waals surface area contributed by atoms with Gasteiger partial charge in [-0.3, -0.25) is 9.59 Å². The summed E-state index contributed by atoms with van der Waals surface area (Å²) in [5, 5.41) is 4.25. The quantitative estimate of drug-likeness (QED) is 0.830. The average Bonchev–Trinajstić information content (AvgIpc) is 2.83. The molecule has 1 aliphatic carbocycles. The number of hydrogen-bond acceptors (Lipinski definition) is 3. The summed E-state index contributed by atoms with van der Waals surface area (Å²) in [6.45, 7) is 5.66. The minimum absolute atomic E-state index is 0.0435. The number of carbonyl (C=O) groups excluding carboxylic acids is 2. The lowest BCUT2D eigenvalue weighted by Crippen LogP contribution is -2.30. The highest BCUT2D eigenvalue weighted by Gasteiger charge is 2.31. The molecule has 1 aromatic heterocycles. The van der Waals surface area contributed by atoms with Gasteiger partial charge in [-0.05, 0) is 38.7 Å². The Labute approximate surface area is 126 Å². The lowest BCUT2D eigenvalue weighted by atomic mass is 9.76. The second-order valence-corrected chi connectivity index (χ2v) is 6.26. The van der Waals surface area contributed by atoms with Gasteiger partial charge in [-0.25, -0.2) is 4.68 Å². The van der Waals surface area contributed by atoms with Crippen molar-refractivity contribution in [1.29, 1.82) is 0 Å². The van der Waals surface area contributed by atoms with E-state index in [0.29, 0.717) is 18.8 Å². The maximum atomic E-state index is 12.5. The fraction of sp³-hybridized carbons (Fsp3) is 0.706. The Hall–Kier alpha value is -1.45. The standard InChI is InChI=1S/C17H26N2O2/c1-4-16(20)15(14-8-6-5-7-9-14)11-17(21)19-13(3)10-12(2)18-19/h10,14-15H,4-9,11H2,1-3H3/t15-/m1/s1. The van der Waals surface area contributed by atoms with Crippen molar-refractivity contribution >= 4 is 11.7 Å². The van der Waals surface area contributed by atoms with Crippen LogP contribution in [0.4, 0.5) is 0 Å². The maximum Gasteiger partial charge on any atom is 0.247 e. The number of hydrogen-bond donors (Lipinski definition) is 0. The molecular weight excluding hydrogens is 264 g/mol. The molecule has 1 aromatic rings. The van der Waals surface area contributed by atoms with Crippen LogP contribution < -0.4 is 0 Å². The van der Waals surface area contributed by atoms with Gasteiger partial charge in [-0.2, -0.15) is 5.10 Å². The van der Waals surface area contributed by atoms with E-state index in [1.807, 2.05) is 26.8 Å². The Morgan fingerprint density at radius 2 is 1.95 bits per heavy atom. The molecule has 21 heavy (non-hydrogen) atoms. The third kappa shape index (κ3) is 3.80. The molecule has 116 valence electrons. The van der Waals surface area contributed by atoms with Crippen LogP contribution in [0, 0.1) is 25.7 Å². The molecule has 1 fully saturated rings. The lowest BCUT2D eigenvalue weighted by Gasteiger charge is -2.28. The van der Waals surface area contributed by atoms with E-state index in [9.17, 15) is 9.59 Å². The third-order valence-electron chi connectivity index (χ3n) is 4.62. The van der Waals surface area contributed by atoms with Crippen LogP contribution in [0.3, 0.4) is 0 Å². The van der Waals surface area contributed by atoms with E-state index < -0.39 is 0 Å². The van der Waals surface area contributed by atoms with Gasteiger partial charge in [0.05, 0.1) is 5.69 Å². The number of aromatic nitrogens is 2. The van der Waals surface area contributed by atoms with E-state index in [0.717, 1.165) is 24.2 Å². The smallest absolute Gasteiger partial charge is 0.247 e. The molecule has 4 heteroatoms. The van der Waals surface area contributed by atoms with Gasteiger partial charge in [-0.1, -0.05) is 26.2 Å². The molecule has 0 unspecified atom stereocenters. The molecule has 0 spiro atoms. The molecule has 1 heterocycles. The SMILES string of the molecule is CCC(=O)[C@H](CC(=O)n1nc(C)cc1C)C1CCCCC1. The predicted molar refractivity (Wildman–Crippen MR) is 82.3 cm³/mol. The summed E-state index contributed by atoms with van der Waals surface area (Å²) in [4.78, 5) is 24.8. The van der Waals surface area contributed by atoms with E-state index in [1.54, 1.807) is 0 Å². The summed E-state index contributed by atoms with van der Waals surface area (Å²) < 4.78 is 1.47. The van der Waals surface area contributed by atoms with E-state index >= 15 is 0 Å². The fourth-order valence-corrected chi connectivity index (χ4v) is 3.50. The second-order valence-electron chi connectivity index (χ2n) is 6.26. The first-order valence-electron chi connectivity index (χ1n) is 8.12. The first-order chi connectivity index (χ1) is 10.0. The zero-order valence-corrected chi connectivity index (χ0v) is 13.4. The summed E-state index contributed by atoms with van der Waals surface area (Å²) in [6.07, 6.45) is 6.62. The molecule has 0 aromatic carbocycles. The number of aryl methyl sites for hydroxylation is 2. The summed E-state index contributed by atoms with van der Waals surface area (Å²) in [6, 6.07) is 1.90. The Kier molecular flexibility index (Phi) is 5.32. The van der Waals surface area contributed by atoms with Gasteiger partial charge in [0.1, 0.15) is 5.78 Å². The summed E-state index contributed by atoms with van der Waals surface area (Å²) in [5.74, 6) is 0.452. The normalized spacial score (nSPS) is 17.7. The van der Waals surface area contributed by atoms with Gasteiger partial charge in [0.15, 0.2) is 0 Å². The molecule has 0 saturated heterocycles. The number of ketones is 1. The highest BCUT2D eigenvalue weighted by molar-refractivity contribution is 5.88. The highest BCUT2D eigenvalue weighted by Crippen LogP contribution is 2.33. The Bertz CT molecular complexity index is 513. The van der Waals surface area contributed by atoms with Crippen LogP contribution in [-0.2, 0) is 4.79 Å². The monoisotopic (exact) mass is 290 g/mol. The molecule has 1 aliphatic rings. The first kappa shape index (κ1) is 15.9. The zero-order chi connectivity index (χ0) is 15.4. The summed E-state index contributed by atoms with van der Waals surface area (Å²) in [5.41, 5.74) is 1.70. The van der Waals surface area contributed by atoms with Crippen LogP contribution in [0.2, 0.25) is 0 Å². The number of nitrogens with zero attached hydrogens (tertiary/aromatic N) is 2. The number of rotatable bonds is 5. The van der Waals surface area contributed by atoms with Crippen molar-refractivity contribution in [3.63, 3.8) is 0 Å². The Balaban J connectivity index is 2.12. The molecule has 0 radical (unpaired) electrons. The molecule has 1 atom stereocenters. The van der Waals surface area contributed by atoms with Crippen LogP contribution in [0.5, 0.6) is 0 Å². The van der Waals surface area contributed by atoms with Crippen molar-refractivity contribution in [2.24, 2.45) is 11.8 Å². The van der Waals surface area contributed by atoms with Gasteiger partial charge >= 0.3 is 0 Å². The van der Waals surface area contributed by atoms with E-state index in [4.69, 9.17) is 0 Å². The molecule has 0 amide bonds. The second kappa shape index (κ2) is 7.01. The topological polar surface area (TPSA) is 52.0 Å². The predicted octanol–water partition coefficient (Wildman–Crippen LogP) is 3.71. The van der Waals surface area contributed by atoms with Gasteiger partial charge in [-0.15, -0.1) is 0 Å². The van der Waals surface area contributed by atoms with Crippen LogP contribution in [0.15, 0.2) is 6.07 Å². The third-order valence-corrected chi connectivity index (χ3v) is 4.62. The van der Waals surface area contributed by atoms with Crippen LogP contribution >= 0.6 is 0 Å². The summed E-state index contributed by atoms with van der Waals surface area (Å²) >= 11 is 0. The molecule has 2 rings (SSSR count). The van der Waals surface area contributed by atoms with Crippen molar-refractivity contribution in [3.8, 4) is 0 Å². The van der Waals surface area contributed by atoms with Crippen molar-refractivity contribution in [2.45, 2.75) is 65.7 Å². The van der Waals surface area contributed by atoms with Gasteiger partial charge in [0, 0.05) is 24.5 Å². The van der Waals surface area contributed by atoms with E-state index in [2.05, 4.69) is 5.10 Å². The maximum absolute atomic E-state index is 12.5. The molecule has 4 nitrogen and oxygen atoms in total. The molecule has 1 saturated carbocycles. The van der Waals surface area contributed by atoms with Crippen LogP contribution in [0.25, 0.3) is 0 Å². The summed E-state index contributed by atoms with van der Waals surface area (Å²) in [7, 11) is 0. The molecule has 0 aliphatic heterocycles. The molecular formula is C17H26N2O2. The largest absolute Gasteiger partial charge is 0.299 e. The number of carbonyl (C=O) groups is 2. The first-order valence-corrected chi connectivity index (χ1v) is 8.12. The zero-order valence-electron chi connectivity index (χ0n) is 13.4. The van der Waals surface area contributed by atoms with Crippen molar-refractivity contribution in [2.75, 3.05) is 0 Å². The van der Waals surface area contributed by atoms with Crippen molar-refractivity contribution < 1.29 is 9.59 Å². The fourth-order valence-electron chi connectivity index (χ4n) is 3.50. The van der Waals surface area contributed by atoms with Gasteiger partial charge in [0.25, 0.3) is 0 Å². The average molecular weight is 290 g/mol. The Morgan fingerprint density at radius 3 is 2.48 bits per heavy atom. The van der Waals surface area contributed by atoms with E-state index in [1.165, 1.54) is 23.9 Å². The minimum Gasteiger partial charge on any atom is -0.299 e. The van der Waals surface area contributed by atoms with Crippen LogP contribution in [0.1, 0.15) is 68.1 Å². The lowest BCUT2D eigenvalue weighted by molar-refractivity contribution is -0.124. The minimum atomic E-state index is -0.119. The van der Waals surface area contributed by atoms with Gasteiger partial charge in [0.2, 0.25) is 5.91 Å². The molecule has 0 N–H and O–H groups in total. The van der Waals surface area contributed by atoms with Crippen molar-refractivity contribution in [1.82, 2.24) is 9.78 Å². The number of Topliss-reactive ketones (excluding diaryl/α,β-unsaturated/α-hetero) is 1. The Morgan fingerprint density at radius 1 is 1.29 bits per heavy atom.